The van der Waals surface area contributed by atoms with Crippen LogP contribution in [0.15, 0.2) is 54.6 Å². The zero-order chi connectivity index (χ0) is 19.6. The largest absolute Gasteiger partial charge is 0.379 e. The van der Waals surface area contributed by atoms with Crippen LogP contribution in [0, 0.1) is 0 Å². The number of hydrogen-bond acceptors (Lipinski definition) is 5. The van der Waals surface area contributed by atoms with Crippen LogP contribution < -0.4 is 0 Å². The Bertz CT molecular complexity index is 801. The van der Waals surface area contributed by atoms with Gasteiger partial charge in [0.05, 0.1) is 19.3 Å². The van der Waals surface area contributed by atoms with Crippen molar-refractivity contribution >= 4 is 5.78 Å². The molecule has 0 aromatic heterocycles. The molecule has 2 saturated heterocycles. The van der Waals surface area contributed by atoms with Gasteiger partial charge in [0.1, 0.15) is 0 Å². The number of rotatable bonds is 4. The molecule has 0 spiro atoms. The molecule has 3 unspecified atom stereocenters. The van der Waals surface area contributed by atoms with Crippen LogP contribution in [0.25, 0.3) is 11.1 Å². The molecular formula is C23H27NO4. The van der Waals surface area contributed by atoms with Crippen LogP contribution in [-0.4, -0.2) is 56.4 Å². The van der Waals surface area contributed by atoms with Crippen LogP contribution >= 0.6 is 0 Å². The Kier molecular flexibility index (Phi) is 5.60. The van der Waals surface area contributed by atoms with Crippen molar-refractivity contribution in [3.63, 3.8) is 0 Å². The Morgan fingerprint density at radius 3 is 2.29 bits per heavy atom. The fraction of sp³-hybridized carbons (Fsp3) is 0.435. The maximum Gasteiger partial charge on any atom is 0.174 e. The molecule has 2 fully saturated rings. The first-order valence-corrected chi connectivity index (χ1v) is 9.83. The van der Waals surface area contributed by atoms with Gasteiger partial charge in [-0.1, -0.05) is 54.6 Å². The molecule has 2 aromatic rings. The monoisotopic (exact) mass is 381 g/mol. The number of carbonyl (C=O) groups is 1. The maximum atomic E-state index is 13.1. The van der Waals surface area contributed by atoms with Gasteiger partial charge in [-0.2, -0.15) is 0 Å². The molecule has 0 aliphatic carbocycles. The molecule has 2 aliphatic rings. The molecule has 148 valence electrons. The Hall–Kier alpha value is -2.05. The zero-order valence-electron chi connectivity index (χ0n) is 16.5. The van der Waals surface area contributed by atoms with E-state index in [2.05, 4.69) is 17.0 Å². The van der Waals surface area contributed by atoms with Gasteiger partial charge in [0, 0.05) is 26.6 Å². The number of morpholine rings is 1. The van der Waals surface area contributed by atoms with E-state index in [-0.39, 0.29) is 11.8 Å². The van der Waals surface area contributed by atoms with Gasteiger partial charge in [-0.3, -0.25) is 9.69 Å². The maximum absolute atomic E-state index is 13.1. The van der Waals surface area contributed by atoms with E-state index >= 15 is 0 Å². The number of benzene rings is 2. The predicted molar refractivity (Wildman–Crippen MR) is 107 cm³/mol. The van der Waals surface area contributed by atoms with Crippen LogP contribution in [0.4, 0.5) is 0 Å². The average Bonchev–Trinajstić information content (AvgIpc) is 2.76. The summed E-state index contributed by atoms with van der Waals surface area (Å²) in [4.78, 5) is 15.4. The standard InChI is InChI=1S/C23H27NO4/c1-23(19-10-8-18(9-11-19)17-6-4-3-5-7-17)21(25)16-20(22(26-2)28-23)24-12-14-27-15-13-24/h3-11,20,22H,12-16H2,1-2H3. The first-order valence-electron chi connectivity index (χ1n) is 9.83. The predicted octanol–water partition coefficient (Wildman–Crippen LogP) is 3.23. The number of methoxy groups -OCH3 is 1. The topological polar surface area (TPSA) is 48.0 Å². The number of carbonyl (C=O) groups excluding carboxylic acids is 1. The molecule has 2 heterocycles. The molecule has 0 N–H and O–H groups in total. The van der Waals surface area contributed by atoms with Gasteiger partial charge in [0.25, 0.3) is 0 Å². The van der Waals surface area contributed by atoms with Gasteiger partial charge in [-0.05, 0) is 23.6 Å². The Balaban J connectivity index is 1.56. The minimum atomic E-state index is -1.00. The van der Waals surface area contributed by atoms with Gasteiger partial charge < -0.3 is 14.2 Å². The number of ketones is 1. The molecule has 5 nitrogen and oxygen atoms in total. The molecule has 0 amide bonds. The molecule has 0 radical (unpaired) electrons. The van der Waals surface area contributed by atoms with Crippen molar-refractivity contribution in [2.75, 3.05) is 33.4 Å². The quantitative estimate of drug-likeness (QED) is 0.814. The summed E-state index contributed by atoms with van der Waals surface area (Å²) in [5.74, 6) is 0.0877. The third-order valence-corrected chi connectivity index (χ3v) is 5.88. The summed E-state index contributed by atoms with van der Waals surface area (Å²) in [5, 5.41) is 0. The molecule has 4 rings (SSSR count). The van der Waals surface area contributed by atoms with Crippen LogP contribution in [0.2, 0.25) is 0 Å². The molecule has 2 aliphatic heterocycles. The lowest BCUT2D eigenvalue weighted by molar-refractivity contribution is -0.244. The second kappa shape index (κ2) is 8.13. The first kappa shape index (κ1) is 19.3. The normalized spacial score (nSPS) is 29.0. The van der Waals surface area contributed by atoms with Crippen molar-refractivity contribution in [1.29, 1.82) is 0 Å². The first-order chi connectivity index (χ1) is 13.6. The fourth-order valence-electron chi connectivity index (χ4n) is 4.11. The van der Waals surface area contributed by atoms with Crippen LogP contribution in [0.5, 0.6) is 0 Å². The summed E-state index contributed by atoms with van der Waals surface area (Å²) in [6, 6.07) is 18.2. The zero-order valence-corrected chi connectivity index (χ0v) is 16.5. The summed E-state index contributed by atoms with van der Waals surface area (Å²) in [6.45, 7) is 4.81. The van der Waals surface area contributed by atoms with E-state index in [0.29, 0.717) is 19.6 Å². The minimum Gasteiger partial charge on any atom is -0.379 e. The summed E-state index contributed by atoms with van der Waals surface area (Å²) in [6.07, 6.45) is -0.0373. The Morgan fingerprint density at radius 2 is 1.64 bits per heavy atom. The second-order valence-electron chi connectivity index (χ2n) is 7.54. The Morgan fingerprint density at radius 1 is 1.00 bits per heavy atom. The lowest BCUT2D eigenvalue weighted by Crippen LogP contribution is -2.58. The molecule has 0 saturated carbocycles. The Labute approximate surface area is 166 Å². The smallest absolute Gasteiger partial charge is 0.174 e. The lowest BCUT2D eigenvalue weighted by Gasteiger charge is -2.46. The van der Waals surface area contributed by atoms with E-state index in [1.807, 2.05) is 49.4 Å². The number of nitrogens with zero attached hydrogens (tertiary/aromatic N) is 1. The molecular weight excluding hydrogens is 354 g/mol. The van der Waals surface area contributed by atoms with E-state index in [0.717, 1.165) is 29.8 Å². The van der Waals surface area contributed by atoms with Crippen molar-refractivity contribution in [3.05, 3.63) is 60.2 Å². The van der Waals surface area contributed by atoms with E-state index in [4.69, 9.17) is 14.2 Å². The summed E-state index contributed by atoms with van der Waals surface area (Å²) < 4.78 is 17.4. The summed E-state index contributed by atoms with van der Waals surface area (Å²) in [7, 11) is 1.65. The van der Waals surface area contributed by atoms with Crippen LogP contribution in [0.3, 0.4) is 0 Å². The number of ether oxygens (including phenoxy) is 3. The highest BCUT2D eigenvalue weighted by Crippen LogP contribution is 2.37. The van der Waals surface area contributed by atoms with E-state index in [9.17, 15) is 4.79 Å². The molecule has 5 heteroatoms. The lowest BCUT2D eigenvalue weighted by atomic mass is 9.84. The van der Waals surface area contributed by atoms with E-state index < -0.39 is 11.9 Å². The highest BCUT2D eigenvalue weighted by molar-refractivity contribution is 5.89. The molecule has 2 aromatic carbocycles. The number of Topliss-reactive ketones (excluding diaryl/α,β-unsaturated/α-hetero) is 1. The molecule has 3 atom stereocenters. The van der Waals surface area contributed by atoms with Crippen molar-refractivity contribution in [1.82, 2.24) is 4.90 Å². The van der Waals surface area contributed by atoms with E-state index in [1.54, 1.807) is 7.11 Å². The molecule has 0 bridgehead atoms. The fourth-order valence-corrected chi connectivity index (χ4v) is 4.11. The highest BCUT2D eigenvalue weighted by Gasteiger charge is 2.48. The van der Waals surface area contributed by atoms with Crippen molar-refractivity contribution in [2.24, 2.45) is 0 Å². The van der Waals surface area contributed by atoms with Crippen LogP contribution in [-0.2, 0) is 24.6 Å². The third-order valence-electron chi connectivity index (χ3n) is 5.88. The minimum absolute atomic E-state index is 0.0712. The second-order valence-corrected chi connectivity index (χ2v) is 7.54. The highest BCUT2D eigenvalue weighted by atomic mass is 16.7. The number of hydrogen-bond donors (Lipinski definition) is 0. The van der Waals surface area contributed by atoms with Crippen molar-refractivity contribution in [3.8, 4) is 11.1 Å². The van der Waals surface area contributed by atoms with Gasteiger partial charge in [-0.15, -0.1) is 0 Å². The van der Waals surface area contributed by atoms with Crippen LogP contribution in [0.1, 0.15) is 18.9 Å². The summed E-state index contributed by atoms with van der Waals surface area (Å²) in [5.41, 5.74) is 2.13. The van der Waals surface area contributed by atoms with Gasteiger partial charge >= 0.3 is 0 Å². The average molecular weight is 381 g/mol. The SMILES string of the molecule is COC1OC(C)(c2ccc(-c3ccccc3)cc2)C(=O)CC1N1CCOCC1. The van der Waals surface area contributed by atoms with Crippen molar-refractivity contribution in [2.45, 2.75) is 31.3 Å². The summed E-state index contributed by atoms with van der Waals surface area (Å²) >= 11 is 0. The van der Waals surface area contributed by atoms with Crippen molar-refractivity contribution < 1.29 is 19.0 Å². The van der Waals surface area contributed by atoms with E-state index in [1.165, 1.54) is 0 Å². The molecule has 28 heavy (non-hydrogen) atoms. The van der Waals surface area contributed by atoms with Gasteiger partial charge in [0.2, 0.25) is 0 Å². The van der Waals surface area contributed by atoms with Gasteiger partial charge in [-0.25, -0.2) is 0 Å². The van der Waals surface area contributed by atoms with Gasteiger partial charge in [0.15, 0.2) is 17.7 Å². The third kappa shape index (κ3) is 3.63.